The minimum Gasteiger partial charge on any atom is -0.352 e. The van der Waals surface area contributed by atoms with Gasteiger partial charge in [-0.05, 0) is 29.4 Å². The highest BCUT2D eigenvalue weighted by atomic mass is 127. The standard InChI is InChI=1S/C12H14FIN2O3/c13-9-4-5-11(16(18)19)10(8-9)12(17)15-7-3-1-2-6-14/h4-5,8H,1-3,6-7H2,(H,15,17). The Morgan fingerprint density at radius 2 is 2.11 bits per heavy atom. The molecule has 1 aromatic rings. The SMILES string of the molecule is O=C(NCCCCCI)c1cc(F)ccc1[N+](=O)[O-]. The lowest BCUT2D eigenvalue weighted by atomic mass is 10.1. The van der Waals surface area contributed by atoms with E-state index in [4.69, 9.17) is 0 Å². The van der Waals surface area contributed by atoms with E-state index in [1.807, 2.05) is 0 Å². The number of rotatable bonds is 7. The minimum atomic E-state index is -0.690. The first-order valence-corrected chi connectivity index (χ1v) is 7.37. The summed E-state index contributed by atoms with van der Waals surface area (Å²) in [6.07, 6.45) is 2.85. The van der Waals surface area contributed by atoms with Crippen molar-refractivity contribution in [3.63, 3.8) is 0 Å². The molecule has 0 aromatic heterocycles. The van der Waals surface area contributed by atoms with Crippen LogP contribution in [-0.2, 0) is 0 Å². The van der Waals surface area contributed by atoms with Gasteiger partial charge in [-0.15, -0.1) is 0 Å². The number of nitrogens with one attached hydrogen (secondary N) is 1. The largest absolute Gasteiger partial charge is 0.352 e. The van der Waals surface area contributed by atoms with Crippen LogP contribution < -0.4 is 5.32 Å². The number of hydrogen-bond acceptors (Lipinski definition) is 3. The second-order valence-electron chi connectivity index (χ2n) is 3.92. The number of halogens is 2. The van der Waals surface area contributed by atoms with Crippen LogP contribution in [0.15, 0.2) is 18.2 Å². The molecule has 0 bridgehead atoms. The van der Waals surface area contributed by atoms with Crippen molar-refractivity contribution < 1.29 is 14.1 Å². The van der Waals surface area contributed by atoms with Crippen LogP contribution in [0, 0.1) is 15.9 Å². The van der Waals surface area contributed by atoms with Gasteiger partial charge in [-0.3, -0.25) is 14.9 Å². The van der Waals surface area contributed by atoms with Crippen molar-refractivity contribution in [2.75, 3.05) is 11.0 Å². The lowest BCUT2D eigenvalue weighted by molar-refractivity contribution is -0.385. The van der Waals surface area contributed by atoms with Gasteiger partial charge in [0.1, 0.15) is 11.4 Å². The molecule has 0 atom stereocenters. The molecule has 0 spiro atoms. The van der Waals surface area contributed by atoms with Gasteiger partial charge in [0.25, 0.3) is 11.6 Å². The summed E-state index contributed by atoms with van der Waals surface area (Å²) in [5.74, 6) is -1.28. The third-order valence-corrected chi connectivity index (χ3v) is 3.26. The zero-order valence-electron chi connectivity index (χ0n) is 10.2. The topological polar surface area (TPSA) is 72.2 Å². The first-order valence-electron chi connectivity index (χ1n) is 5.84. The maximum Gasteiger partial charge on any atom is 0.282 e. The van der Waals surface area contributed by atoms with Crippen LogP contribution in [0.1, 0.15) is 29.6 Å². The molecule has 5 nitrogen and oxygen atoms in total. The monoisotopic (exact) mass is 380 g/mol. The van der Waals surface area contributed by atoms with Crippen LogP contribution in [0.4, 0.5) is 10.1 Å². The van der Waals surface area contributed by atoms with Gasteiger partial charge in [0.15, 0.2) is 0 Å². The number of benzene rings is 1. The molecule has 19 heavy (non-hydrogen) atoms. The van der Waals surface area contributed by atoms with Crippen LogP contribution in [0.5, 0.6) is 0 Å². The van der Waals surface area contributed by atoms with Gasteiger partial charge in [0, 0.05) is 12.6 Å². The smallest absolute Gasteiger partial charge is 0.282 e. The number of hydrogen-bond donors (Lipinski definition) is 1. The zero-order valence-corrected chi connectivity index (χ0v) is 12.4. The summed E-state index contributed by atoms with van der Waals surface area (Å²) in [7, 11) is 0. The molecule has 0 fully saturated rings. The molecule has 104 valence electrons. The fourth-order valence-corrected chi connectivity index (χ4v) is 2.08. The molecule has 0 aliphatic carbocycles. The molecule has 1 amide bonds. The molecule has 0 heterocycles. The summed E-state index contributed by atoms with van der Waals surface area (Å²) in [6.45, 7) is 0.434. The third kappa shape index (κ3) is 5.09. The minimum absolute atomic E-state index is 0.237. The lowest BCUT2D eigenvalue weighted by Crippen LogP contribution is -2.25. The predicted molar refractivity (Wildman–Crippen MR) is 78.1 cm³/mol. The molecular formula is C12H14FIN2O3. The highest BCUT2D eigenvalue weighted by Gasteiger charge is 2.20. The third-order valence-electron chi connectivity index (χ3n) is 2.50. The molecule has 0 radical (unpaired) electrons. The fraction of sp³-hybridized carbons (Fsp3) is 0.417. The molecule has 0 aliphatic rings. The van der Waals surface area contributed by atoms with Gasteiger partial charge in [-0.25, -0.2) is 4.39 Å². The number of nitro groups is 1. The number of nitrogens with zero attached hydrogens (tertiary/aromatic N) is 1. The van der Waals surface area contributed by atoms with Crippen LogP contribution in [0.3, 0.4) is 0 Å². The van der Waals surface area contributed by atoms with Crippen molar-refractivity contribution in [2.45, 2.75) is 19.3 Å². The molecule has 1 rings (SSSR count). The Balaban J connectivity index is 2.65. The summed E-state index contributed by atoms with van der Waals surface area (Å²) >= 11 is 2.27. The maximum absolute atomic E-state index is 13.1. The first-order chi connectivity index (χ1) is 9.06. The van der Waals surface area contributed by atoms with E-state index < -0.39 is 16.6 Å². The van der Waals surface area contributed by atoms with Gasteiger partial charge in [-0.2, -0.15) is 0 Å². The highest BCUT2D eigenvalue weighted by Crippen LogP contribution is 2.19. The fourth-order valence-electron chi connectivity index (χ4n) is 1.54. The van der Waals surface area contributed by atoms with Crippen molar-refractivity contribution >= 4 is 34.2 Å². The Bertz CT molecular complexity index is 468. The van der Waals surface area contributed by atoms with Crippen molar-refractivity contribution in [1.82, 2.24) is 5.32 Å². The van der Waals surface area contributed by atoms with Crippen molar-refractivity contribution in [1.29, 1.82) is 0 Å². The predicted octanol–water partition coefficient (Wildman–Crippen LogP) is 3.07. The highest BCUT2D eigenvalue weighted by molar-refractivity contribution is 14.1. The number of unbranched alkanes of at least 4 members (excludes halogenated alkanes) is 2. The summed E-state index contributed by atoms with van der Waals surface area (Å²) in [5, 5.41) is 13.3. The number of nitro benzene ring substituents is 1. The Hall–Kier alpha value is -1.25. The van der Waals surface area contributed by atoms with Gasteiger partial charge < -0.3 is 5.32 Å². The average Bonchev–Trinajstić information content (AvgIpc) is 2.37. The van der Waals surface area contributed by atoms with Gasteiger partial charge in [0.05, 0.1) is 4.92 Å². The molecule has 7 heteroatoms. The van der Waals surface area contributed by atoms with Crippen molar-refractivity contribution in [3.8, 4) is 0 Å². The molecule has 0 saturated heterocycles. The van der Waals surface area contributed by atoms with Gasteiger partial charge in [-0.1, -0.05) is 29.0 Å². The summed E-state index contributed by atoms with van der Waals surface area (Å²) in [6, 6.07) is 2.86. The number of carbonyl (C=O) groups is 1. The molecular weight excluding hydrogens is 366 g/mol. The second-order valence-corrected chi connectivity index (χ2v) is 5.00. The van der Waals surface area contributed by atoms with E-state index in [0.717, 1.165) is 41.9 Å². The van der Waals surface area contributed by atoms with Crippen LogP contribution in [-0.4, -0.2) is 21.8 Å². The molecule has 1 N–H and O–H groups in total. The lowest BCUT2D eigenvalue weighted by Gasteiger charge is -2.05. The average molecular weight is 380 g/mol. The van der Waals surface area contributed by atoms with E-state index in [0.29, 0.717) is 6.54 Å². The maximum atomic E-state index is 13.1. The Labute approximate surface area is 123 Å². The second kappa shape index (κ2) is 8.03. The normalized spacial score (nSPS) is 10.2. The zero-order chi connectivity index (χ0) is 14.3. The van der Waals surface area contributed by atoms with E-state index in [9.17, 15) is 19.3 Å². The Morgan fingerprint density at radius 3 is 2.74 bits per heavy atom. The molecule has 0 saturated carbocycles. The number of carbonyl (C=O) groups excluding carboxylic acids is 1. The molecule has 0 aliphatic heterocycles. The van der Waals surface area contributed by atoms with E-state index in [1.54, 1.807) is 0 Å². The quantitative estimate of drug-likeness (QED) is 0.260. The van der Waals surface area contributed by atoms with E-state index in [2.05, 4.69) is 27.9 Å². The van der Waals surface area contributed by atoms with E-state index >= 15 is 0 Å². The van der Waals surface area contributed by atoms with Gasteiger partial charge in [0.2, 0.25) is 0 Å². The summed E-state index contributed by atoms with van der Waals surface area (Å²) in [5.41, 5.74) is -0.620. The van der Waals surface area contributed by atoms with Crippen LogP contribution in [0.25, 0.3) is 0 Å². The van der Waals surface area contributed by atoms with Gasteiger partial charge >= 0.3 is 0 Å². The summed E-state index contributed by atoms with van der Waals surface area (Å²) in [4.78, 5) is 21.8. The molecule has 1 aromatic carbocycles. The van der Waals surface area contributed by atoms with Crippen molar-refractivity contribution in [3.05, 3.63) is 39.7 Å². The van der Waals surface area contributed by atoms with E-state index in [1.165, 1.54) is 0 Å². The van der Waals surface area contributed by atoms with E-state index in [-0.39, 0.29) is 11.3 Å². The Morgan fingerprint density at radius 1 is 1.37 bits per heavy atom. The van der Waals surface area contributed by atoms with Crippen LogP contribution in [0.2, 0.25) is 0 Å². The number of amides is 1. The Kier molecular flexibility index (Phi) is 6.68. The number of alkyl halides is 1. The first kappa shape index (κ1) is 15.8. The van der Waals surface area contributed by atoms with Crippen molar-refractivity contribution in [2.24, 2.45) is 0 Å². The summed E-state index contributed by atoms with van der Waals surface area (Å²) < 4.78 is 14.1. The molecule has 0 unspecified atom stereocenters. The van der Waals surface area contributed by atoms with Crippen LogP contribution >= 0.6 is 22.6 Å².